The maximum Gasteiger partial charge on any atom is 0.306 e. The van der Waals surface area contributed by atoms with Crippen LogP contribution in [0, 0.1) is 0 Å². The Kier molecular flexibility index (Phi) is 13.2. The SMILES string of the molecule is CCCCCCCC(=O)OCc1ccc(COC(=O)CCCCCCC)o1. The largest absolute Gasteiger partial charge is 0.459 e. The zero-order valence-electron chi connectivity index (χ0n) is 17.1. The summed E-state index contributed by atoms with van der Waals surface area (Å²) in [4.78, 5) is 23.4. The molecule has 0 spiro atoms. The lowest BCUT2D eigenvalue weighted by atomic mass is 10.1. The van der Waals surface area contributed by atoms with Crippen molar-refractivity contribution in [3.8, 4) is 0 Å². The van der Waals surface area contributed by atoms with Gasteiger partial charge in [0, 0.05) is 12.8 Å². The van der Waals surface area contributed by atoms with Crippen LogP contribution in [0.4, 0.5) is 0 Å². The summed E-state index contributed by atoms with van der Waals surface area (Å²) < 4.78 is 16.0. The summed E-state index contributed by atoms with van der Waals surface area (Å²) in [5.74, 6) is 0.748. The van der Waals surface area contributed by atoms with Crippen LogP contribution < -0.4 is 0 Å². The Morgan fingerprint density at radius 2 is 1.11 bits per heavy atom. The van der Waals surface area contributed by atoms with E-state index in [1.165, 1.54) is 38.5 Å². The smallest absolute Gasteiger partial charge is 0.306 e. The summed E-state index contributed by atoms with van der Waals surface area (Å²) in [7, 11) is 0. The molecule has 0 aliphatic heterocycles. The van der Waals surface area contributed by atoms with E-state index in [4.69, 9.17) is 13.9 Å². The first-order valence-corrected chi connectivity index (χ1v) is 10.5. The van der Waals surface area contributed by atoms with E-state index in [9.17, 15) is 9.59 Å². The Labute approximate surface area is 163 Å². The van der Waals surface area contributed by atoms with Crippen molar-refractivity contribution in [3.63, 3.8) is 0 Å². The predicted molar refractivity (Wildman–Crippen MR) is 105 cm³/mol. The van der Waals surface area contributed by atoms with Gasteiger partial charge in [0.2, 0.25) is 0 Å². The second-order valence-electron chi connectivity index (χ2n) is 7.02. The fourth-order valence-electron chi connectivity index (χ4n) is 2.77. The van der Waals surface area contributed by atoms with Crippen molar-refractivity contribution in [2.45, 2.75) is 104 Å². The lowest BCUT2D eigenvalue weighted by molar-refractivity contribution is -0.145. The van der Waals surface area contributed by atoms with Crippen molar-refractivity contribution in [1.82, 2.24) is 0 Å². The fourth-order valence-corrected chi connectivity index (χ4v) is 2.77. The minimum Gasteiger partial charge on any atom is -0.459 e. The first-order chi connectivity index (χ1) is 13.2. The fraction of sp³-hybridized carbons (Fsp3) is 0.727. The number of esters is 2. The zero-order valence-corrected chi connectivity index (χ0v) is 17.1. The van der Waals surface area contributed by atoms with E-state index in [1.807, 2.05) is 0 Å². The molecule has 1 aromatic heterocycles. The van der Waals surface area contributed by atoms with E-state index in [0.29, 0.717) is 24.4 Å². The van der Waals surface area contributed by atoms with Gasteiger partial charge in [-0.1, -0.05) is 65.2 Å². The summed E-state index contributed by atoms with van der Waals surface area (Å²) in [6.07, 6.45) is 11.9. The summed E-state index contributed by atoms with van der Waals surface area (Å²) >= 11 is 0. The molecule has 0 aliphatic carbocycles. The van der Waals surface area contributed by atoms with Crippen LogP contribution in [0.5, 0.6) is 0 Å². The number of hydrogen-bond donors (Lipinski definition) is 0. The van der Waals surface area contributed by atoms with E-state index in [-0.39, 0.29) is 25.2 Å². The van der Waals surface area contributed by atoms with Gasteiger partial charge in [-0.15, -0.1) is 0 Å². The third-order valence-electron chi connectivity index (χ3n) is 4.44. The van der Waals surface area contributed by atoms with Crippen molar-refractivity contribution in [1.29, 1.82) is 0 Å². The molecule has 1 aromatic rings. The van der Waals surface area contributed by atoms with Gasteiger partial charge in [0.25, 0.3) is 0 Å². The summed E-state index contributed by atoms with van der Waals surface area (Å²) in [5.41, 5.74) is 0. The highest BCUT2D eigenvalue weighted by Crippen LogP contribution is 2.13. The molecule has 0 fully saturated rings. The Bertz CT molecular complexity index is 476. The van der Waals surface area contributed by atoms with Crippen molar-refractivity contribution in [2.24, 2.45) is 0 Å². The van der Waals surface area contributed by atoms with Gasteiger partial charge in [-0.2, -0.15) is 0 Å². The highest BCUT2D eigenvalue weighted by Gasteiger charge is 2.09. The Hall–Kier alpha value is -1.78. The minimum atomic E-state index is -0.195. The van der Waals surface area contributed by atoms with Gasteiger partial charge in [0.15, 0.2) is 0 Å². The number of unbranched alkanes of at least 4 members (excludes halogenated alkanes) is 8. The molecule has 5 nitrogen and oxygen atoms in total. The zero-order chi connectivity index (χ0) is 19.7. The van der Waals surface area contributed by atoms with Crippen LogP contribution in [0.15, 0.2) is 16.5 Å². The molecule has 0 aromatic carbocycles. The van der Waals surface area contributed by atoms with Crippen molar-refractivity contribution in [2.75, 3.05) is 0 Å². The molecule has 0 saturated carbocycles. The predicted octanol–water partition coefficient (Wildman–Crippen LogP) is 6.09. The standard InChI is InChI=1S/C22H36O5/c1-3-5-7-9-11-13-21(23)25-17-19-15-16-20(27-19)18-26-22(24)14-12-10-8-6-4-2/h15-16H,3-14,17-18H2,1-2H3. The highest BCUT2D eigenvalue weighted by atomic mass is 16.6. The van der Waals surface area contributed by atoms with Crippen molar-refractivity contribution >= 4 is 11.9 Å². The van der Waals surface area contributed by atoms with Crippen LogP contribution >= 0.6 is 0 Å². The third-order valence-corrected chi connectivity index (χ3v) is 4.44. The number of carbonyl (C=O) groups is 2. The molecule has 1 heterocycles. The van der Waals surface area contributed by atoms with Crippen molar-refractivity contribution < 1.29 is 23.5 Å². The molecule has 0 aliphatic rings. The average molecular weight is 381 g/mol. The van der Waals surface area contributed by atoms with Crippen LogP contribution in [0.1, 0.15) is 102 Å². The van der Waals surface area contributed by atoms with Gasteiger partial charge in [0.05, 0.1) is 0 Å². The highest BCUT2D eigenvalue weighted by molar-refractivity contribution is 5.69. The van der Waals surface area contributed by atoms with Gasteiger partial charge in [-0.05, 0) is 25.0 Å². The molecule has 0 atom stereocenters. The van der Waals surface area contributed by atoms with Gasteiger partial charge in [0.1, 0.15) is 24.7 Å². The number of carbonyl (C=O) groups excluding carboxylic acids is 2. The third kappa shape index (κ3) is 12.3. The number of rotatable bonds is 16. The second-order valence-corrected chi connectivity index (χ2v) is 7.02. The van der Waals surface area contributed by atoms with E-state index >= 15 is 0 Å². The lowest BCUT2D eigenvalue weighted by Crippen LogP contribution is -2.04. The minimum absolute atomic E-state index is 0.124. The second kappa shape index (κ2) is 15.3. The normalized spacial score (nSPS) is 10.7. The molecule has 0 bridgehead atoms. The topological polar surface area (TPSA) is 65.7 Å². The average Bonchev–Trinajstić information content (AvgIpc) is 3.12. The Morgan fingerprint density at radius 1 is 0.704 bits per heavy atom. The van der Waals surface area contributed by atoms with Gasteiger partial charge in [-0.3, -0.25) is 9.59 Å². The van der Waals surface area contributed by atoms with Crippen LogP contribution in [0.2, 0.25) is 0 Å². The quantitative estimate of drug-likeness (QED) is 0.256. The summed E-state index contributed by atoms with van der Waals surface area (Å²) in [6, 6.07) is 3.50. The molecule has 1 rings (SSSR count). The van der Waals surface area contributed by atoms with Gasteiger partial charge >= 0.3 is 11.9 Å². The molecule has 0 amide bonds. The van der Waals surface area contributed by atoms with E-state index < -0.39 is 0 Å². The first kappa shape index (κ1) is 23.3. The number of furan rings is 1. The molecule has 0 N–H and O–H groups in total. The summed E-state index contributed by atoms with van der Waals surface area (Å²) in [5, 5.41) is 0. The van der Waals surface area contributed by atoms with Crippen LogP contribution in [-0.4, -0.2) is 11.9 Å². The summed E-state index contributed by atoms with van der Waals surface area (Å²) in [6.45, 7) is 4.58. The Balaban J connectivity index is 2.12. The molecular weight excluding hydrogens is 344 g/mol. The van der Waals surface area contributed by atoms with Crippen LogP contribution in [0.25, 0.3) is 0 Å². The van der Waals surface area contributed by atoms with Crippen molar-refractivity contribution in [3.05, 3.63) is 23.7 Å². The van der Waals surface area contributed by atoms with E-state index in [0.717, 1.165) is 25.7 Å². The molecule has 0 unspecified atom stereocenters. The number of hydrogen-bond acceptors (Lipinski definition) is 5. The molecule has 5 heteroatoms. The monoisotopic (exact) mass is 380 g/mol. The maximum absolute atomic E-state index is 11.7. The van der Waals surface area contributed by atoms with E-state index in [2.05, 4.69) is 13.8 Å². The maximum atomic E-state index is 11.7. The van der Waals surface area contributed by atoms with Crippen LogP contribution in [-0.2, 0) is 32.3 Å². The van der Waals surface area contributed by atoms with Gasteiger partial charge in [-0.25, -0.2) is 0 Å². The Morgan fingerprint density at radius 3 is 1.52 bits per heavy atom. The molecule has 27 heavy (non-hydrogen) atoms. The van der Waals surface area contributed by atoms with Crippen LogP contribution in [0.3, 0.4) is 0 Å². The van der Waals surface area contributed by atoms with Gasteiger partial charge < -0.3 is 13.9 Å². The first-order valence-electron chi connectivity index (χ1n) is 10.5. The van der Waals surface area contributed by atoms with E-state index in [1.54, 1.807) is 12.1 Å². The molecule has 0 radical (unpaired) electrons. The molecular formula is C22H36O5. The molecule has 0 saturated heterocycles. The lowest BCUT2D eigenvalue weighted by Gasteiger charge is -2.04. The number of ether oxygens (including phenoxy) is 2. The molecule has 154 valence electrons.